The van der Waals surface area contributed by atoms with Crippen LogP contribution in [0.2, 0.25) is 0 Å². The highest BCUT2D eigenvalue weighted by Gasteiger charge is 2.37. The molecule has 5 heteroatoms. The van der Waals surface area contributed by atoms with Gasteiger partial charge in [0, 0.05) is 19.6 Å². The maximum atomic E-state index is 10.9. The van der Waals surface area contributed by atoms with Crippen LogP contribution in [-0.4, -0.2) is 59.0 Å². The maximum Gasteiger partial charge on any atom is 0.306 e. The number of carboxylic acid groups (broad SMARTS) is 1. The number of hydrogen-bond acceptors (Lipinski definition) is 4. The van der Waals surface area contributed by atoms with Crippen LogP contribution in [0.25, 0.3) is 0 Å². The molecule has 5 nitrogen and oxygen atoms in total. The van der Waals surface area contributed by atoms with Gasteiger partial charge in [-0.25, -0.2) is 0 Å². The Kier molecular flexibility index (Phi) is 4.25. The third kappa shape index (κ3) is 3.43. The van der Waals surface area contributed by atoms with Crippen LogP contribution in [0.5, 0.6) is 0 Å². The number of rotatable bonds is 3. The predicted octanol–water partition coefficient (Wildman–Crippen LogP) is 0.713. The molecule has 2 rings (SSSR count). The Hall–Kier alpha value is -0.650. The van der Waals surface area contributed by atoms with Crippen molar-refractivity contribution in [1.29, 1.82) is 0 Å². The first-order valence-corrected chi connectivity index (χ1v) is 6.78. The number of ether oxygens (including phenoxy) is 1. The lowest BCUT2D eigenvalue weighted by atomic mass is 9.78. The number of aliphatic hydroxyl groups is 1. The first-order valence-electron chi connectivity index (χ1n) is 6.78. The second kappa shape index (κ2) is 5.55. The minimum absolute atomic E-state index is 0.220. The van der Waals surface area contributed by atoms with Gasteiger partial charge in [-0.05, 0) is 32.6 Å². The van der Waals surface area contributed by atoms with Gasteiger partial charge in [0.25, 0.3) is 0 Å². The fourth-order valence-corrected chi connectivity index (χ4v) is 3.01. The van der Waals surface area contributed by atoms with Crippen LogP contribution in [0.4, 0.5) is 0 Å². The van der Waals surface area contributed by atoms with Gasteiger partial charge in [-0.3, -0.25) is 9.69 Å². The minimum atomic E-state index is -0.725. The monoisotopic (exact) mass is 257 g/mol. The second-order valence-electron chi connectivity index (χ2n) is 5.75. The highest BCUT2D eigenvalue weighted by Crippen LogP contribution is 2.33. The summed E-state index contributed by atoms with van der Waals surface area (Å²) in [6.07, 6.45) is 2.58. The third-order valence-corrected chi connectivity index (χ3v) is 4.11. The van der Waals surface area contributed by atoms with Crippen LogP contribution in [0.3, 0.4) is 0 Å². The van der Waals surface area contributed by atoms with E-state index in [1.54, 1.807) is 0 Å². The van der Waals surface area contributed by atoms with E-state index in [-0.39, 0.29) is 12.0 Å². The van der Waals surface area contributed by atoms with Crippen LogP contribution >= 0.6 is 0 Å². The normalized spacial score (nSPS) is 38.6. The van der Waals surface area contributed by atoms with Gasteiger partial charge in [0.05, 0.1) is 24.2 Å². The van der Waals surface area contributed by atoms with Crippen molar-refractivity contribution >= 4 is 5.97 Å². The molecule has 1 atom stereocenters. The van der Waals surface area contributed by atoms with E-state index in [1.807, 2.05) is 6.92 Å². The minimum Gasteiger partial charge on any atom is -0.481 e. The first kappa shape index (κ1) is 13.8. The van der Waals surface area contributed by atoms with Crippen molar-refractivity contribution in [1.82, 2.24) is 4.90 Å². The molecule has 1 aliphatic carbocycles. The summed E-state index contributed by atoms with van der Waals surface area (Å²) < 4.78 is 5.48. The standard InChI is InChI=1S/C13H23NO4/c1-10-8-14(6-7-18-10)9-13(17)4-2-11(3-5-13)12(15)16/h10-11,17H,2-9H2,1H3,(H,15,16). The lowest BCUT2D eigenvalue weighted by molar-refractivity contribution is -0.145. The highest BCUT2D eigenvalue weighted by atomic mass is 16.5. The van der Waals surface area contributed by atoms with E-state index >= 15 is 0 Å². The molecular weight excluding hydrogens is 234 g/mol. The summed E-state index contributed by atoms with van der Waals surface area (Å²) in [6.45, 7) is 5.11. The average molecular weight is 257 g/mol. The Bertz CT molecular complexity index is 299. The summed E-state index contributed by atoms with van der Waals surface area (Å²) in [4.78, 5) is 13.1. The third-order valence-electron chi connectivity index (χ3n) is 4.11. The summed E-state index contributed by atoms with van der Waals surface area (Å²) in [5.74, 6) is -0.995. The van der Waals surface area contributed by atoms with Crippen LogP contribution < -0.4 is 0 Å². The van der Waals surface area contributed by atoms with E-state index in [0.29, 0.717) is 32.2 Å². The molecule has 104 valence electrons. The molecule has 18 heavy (non-hydrogen) atoms. The Morgan fingerprint density at radius 2 is 2.11 bits per heavy atom. The molecule has 0 radical (unpaired) electrons. The molecule has 2 N–H and O–H groups in total. The molecule has 0 aromatic rings. The number of carbonyl (C=O) groups is 1. The van der Waals surface area contributed by atoms with Crippen molar-refractivity contribution in [3.05, 3.63) is 0 Å². The summed E-state index contributed by atoms with van der Waals surface area (Å²) in [7, 11) is 0. The molecule has 1 heterocycles. The maximum absolute atomic E-state index is 10.9. The number of hydrogen-bond donors (Lipinski definition) is 2. The Balaban J connectivity index is 1.83. The average Bonchev–Trinajstić information content (AvgIpc) is 2.29. The van der Waals surface area contributed by atoms with Crippen molar-refractivity contribution in [2.75, 3.05) is 26.2 Å². The van der Waals surface area contributed by atoms with Crippen molar-refractivity contribution in [3.8, 4) is 0 Å². The number of β-amino-alcohol motifs (C(OH)–C–C–N with tert-alkyl or cyclic N) is 1. The zero-order chi connectivity index (χ0) is 13.2. The molecule has 0 amide bonds. The zero-order valence-corrected chi connectivity index (χ0v) is 11.0. The molecular formula is C13H23NO4. The summed E-state index contributed by atoms with van der Waals surface area (Å²) >= 11 is 0. The van der Waals surface area contributed by atoms with Gasteiger partial charge in [0.2, 0.25) is 0 Å². The highest BCUT2D eigenvalue weighted by molar-refractivity contribution is 5.70. The summed E-state index contributed by atoms with van der Waals surface area (Å²) in [5, 5.41) is 19.5. The Morgan fingerprint density at radius 3 is 2.67 bits per heavy atom. The van der Waals surface area contributed by atoms with E-state index in [1.165, 1.54) is 0 Å². The smallest absolute Gasteiger partial charge is 0.306 e. The lowest BCUT2D eigenvalue weighted by Crippen LogP contribution is -2.51. The van der Waals surface area contributed by atoms with E-state index in [4.69, 9.17) is 9.84 Å². The van der Waals surface area contributed by atoms with Gasteiger partial charge >= 0.3 is 5.97 Å². The van der Waals surface area contributed by atoms with Crippen LogP contribution in [0.15, 0.2) is 0 Å². The van der Waals surface area contributed by atoms with Crippen LogP contribution in [0, 0.1) is 5.92 Å². The quantitative estimate of drug-likeness (QED) is 0.779. The fraction of sp³-hybridized carbons (Fsp3) is 0.923. The van der Waals surface area contributed by atoms with Gasteiger partial charge < -0.3 is 14.9 Å². The molecule has 1 aliphatic heterocycles. The largest absolute Gasteiger partial charge is 0.481 e. The number of aliphatic carboxylic acids is 1. The van der Waals surface area contributed by atoms with Gasteiger partial charge in [0.1, 0.15) is 0 Å². The van der Waals surface area contributed by atoms with Gasteiger partial charge in [-0.1, -0.05) is 0 Å². The van der Waals surface area contributed by atoms with Gasteiger partial charge in [-0.2, -0.15) is 0 Å². The first-order chi connectivity index (χ1) is 8.48. The number of nitrogens with zero attached hydrogens (tertiary/aromatic N) is 1. The molecule has 0 aromatic heterocycles. The Labute approximate surface area is 108 Å². The molecule has 1 saturated carbocycles. The second-order valence-corrected chi connectivity index (χ2v) is 5.75. The molecule has 2 aliphatic rings. The SMILES string of the molecule is CC1CN(CC2(O)CCC(C(=O)O)CC2)CCO1. The van der Waals surface area contributed by atoms with Crippen LogP contribution in [0.1, 0.15) is 32.6 Å². The lowest BCUT2D eigenvalue weighted by Gasteiger charge is -2.40. The van der Waals surface area contributed by atoms with E-state index < -0.39 is 11.6 Å². The number of carboxylic acids is 1. The molecule has 0 spiro atoms. The van der Waals surface area contributed by atoms with E-state index in [0.717, 1.165) is 19.7 Å². The fourth-order valence-electron chi connectivity index (χ4n) is 3.01. The summed E-state index contributed by atoms with van der Waals surface area (Å²) in [6, 6.07) is 0. The summed E-state index contributed by atoms with van der Waals surface area (Å²) in [5.41, 5.74) is -0.705. The van der Waals surface area contributed by atoms with Gasteiger partial charge in [0.15, 0.2) is 0 Å². The number of morpholine rings is 1. The predicted molar refractivity (Wildman–Crippen MR) is 66.4 cm³/mol. The topological polar surface area (TPSA) is 70.0 Å². The van der Waals surface area contributed by atoms with E-state index in [9.17, 15) is 9.90 Å². The van der Waals surface area contributed by atoms with Crippen molar-refractivity contribution in [2.45, 2.75) is 44.3 Å². The molecule has 0 aromatic carbocycles. The molecule has 2 fully saturated rings. The molecule has 1 saturated heterocycles. The van der Waals surface area contributed by atoms with E-state index in [2.05, 4.69) is 4.90 Å². The molecule has 1 unspecified atom stereocenters. The van der Waals surface area contributed by atoms with Crippen molar-refractivity contribution in [2.24, 2.45) is 5.92 Å². The molecule has 0 bridgehead atoms. The zero-order valence-electron chi connectivity index (χ0n) is 11.0. The Morgan fingerprint density at radius 1 is 1.44 bits per heavy atom. The van der Waals surface area contributed by atoms with Crippen molar-refractivity contribution < 1.29 is 19.7 Å². The van der Waals surface area contributed by atoms with Crippen LogP contribution in [-0.2, 0) is 9.53 Å². The van der Waals surface area contributed by atoms with Crippen molar-refractivity contribution in [3.63, 3.8) is 0 Å². The van der Waals surface area contributed by atoms with Gasteiger partial charge in [-0.15, -0.1) is 0 Å².